The van der Waals surface area contributed by atoms with Crippen molar-refractivity contribution in [2.45, 2.75) is 25.7 Å². The molecule has 0 radical (unpaired) electrons. The van der Waals surface area contributed by atoms with Gasteiger partial charge in [-0.1, -0.05) is 18.6 Å². The molecule has 1 N–H and O–H groups in total. The van der Waals surface area contributed by atoms with Crippen LogP contribution in [0.3, 0.4) is 0 Å². The van der Waals surface area contributed by atoms with Gasteiger partial charge in [-0.2, -0.15) is 0 Å². The molecule has 0 amide bonds. The average molecular weight is 259 g/mol. The van der Waals surface area contributed by atoms with Crippen molar-refractivity contribution in [1.29, 1.82) is 0 Å². The maximum atomic E-state index is 5.63. The van der Waals surface area contributed by atoms with Crippen LogP contribution in [0.1, 0.15) is 24.8 Å². The van der Waals surface area contributed by atoms with Gasteiger partial charge in [0.2, 0.25) is 0 Å². The Hall–Kier alpha value is -1.48. The van der Waals surface area contributed by atoms with Crippen LogP contribution in [0.25, 0.3) is 11.0 Å². The SMILES string of the molecule is COc1cccc2c(CCNCC3CCC3)coc12. The second-order valence-corrected chi connectivity index (χ2v) is 5.35. The number of furan rings is 1. The second-order valence-electron chi connectivity index (χ2n) is 5.35. The van der Waals surface area contributed by atoms with Gasteiger partial charge in [-0.3, -0.25) is 0 Å². The Kier molecular flexibility index (Phi) is 3.74. The molecule has 0 saturated heterocycles. The number of rotatable bonds is 6. The van der Waals surface area contributed by atoms with E-state index in [9.17, 15) is 0 Å². The first-order valence-electron chi connectivity index (χ1n) is 7.12. The third-order valence-corrected chi connectivity index (χ3v) is 4.09. The number of hydrogen-bond donors (Lipinski definition) is 1. The topological polar surface area (TPSA) is 34.4 Å². The highest BCUT2D eigenvalue weighted by molar-refractivity contribution is 5.86. The van der Waals surface area contributed by atoms with Crippen molar-refractivity contribution in [3.8, 4) is 5.75 Å². The van der Waals surface area contributed by atoms with Crippen molar-refractivity contribution in [2.75, 3.05) is 20.2 Å². The molecule has 0 bridgehead atoms. The van der Waals surface area contributed by atoms with Crippen molar-refractivity contribution >= 4 is 11.0 Å². The zero-order valence-corrected chi connectivity index (χ0v) is 11.4. The second kappa shape index (κ2) is 5.66. The van der Waals surface area contributed by atoms with Crippen molar-refractivity contribution in [3.63, 3.8) is 0 Å². The van der Waals surface area contributed by atoms with Crippen molar-refractivity contribution in [3.05, 3.63) is 30.0 Å². The molecule has 0 aliphatic heterocycles. The van der Waals surface area contributed by atoms with E-state index >= 15 is 0 Å². The van der Waals surface area contributed by atoms with Gasteiger partial charge >= 0.3 is 0 Å². The maximum absolute atomic E-state index is 5.63. The van der Waals surface area contributed by atoms with Crippen LogP contribution in [0.5, 0.6) is 5.75 Å². The number of para-hydroxylation sites is 1. The highest BCUT2D eigenvalue weighted by Crippen LogP contribution is 2.29. The molecule has 1 aliphatic rings. The van der Waals surface area contributed by atoms with Gasteiger partial charge in [-0.05, 0) is 49.9 Å². The van der Waals surface area contributed by atoms with Gasteiger partial charge in [0, 0.05) is 5.39 Å². The Morgan fingerprint density at radius 1 is 1.37 bits per heavy atom. The molecule has 1 aliphatic carbocycles. The standard InChI is InChI=1S/C16H21NO2/c1-18-15-7-3-6-14-13(11-19-16(14)15)8-9-17-10-12-4-2-5-12/h3,6-7,11-12,17H,2,4-5,8-10H2,1H3. The van der Waals surface area contributed by atoms with Gasteiger partial charge in [0.1, 0.15) is 0 Å². The first-order chi connectivity index (χ1) is 9.38. The molecule has 1 aromatic heterocycles. The minimum atomic E-state index is 0.811. The molecule has 1 saturated carbocycles. The van der Waals surface area contributed by atoms with Crippen LogP contribution in [0.4, 0.5) is 0 Å². The highest BCUT2D eigenvalue weighted by Gasteiger charge is 2.16. The Morgan fingerprint density at radius 3 is 3.00 bits per heavy atom. The summed E-state index contributed by atoms with van der Waals surface area (Å²) in [5, 5.41) is 4.72. The highest BCUT2D eigenvalue weighted by atomic mass is 16.5. The lowest BCUT2D eigenvalue weighted by molar-refractivity contribution is 0.303. The fourth-order valence-corrected chi connectivity index (χ4v) is 2.66. The van der Waals surface area contributed by atoms with Gasteiger partial charge in [0.25, 0.3) is 0 Å². The molecule has 3 rings (SSSR count). The van der Waals surface area contributed by atoms with Gasteiger partial charge in [0.05, 0.1) is 13.4 Å². The smallest absolute Gasteiger partial charge is 0.175 e. The van der Waals surface area contributed by atoms with Gasteiger partial charge in [-0.25, -0.2) is 0 Å². The van der Waals surface area contributed by atoms with Crippen LogP contribution in [0, 0.1) is 5.92 Å². The summed E-state index contributed by atoms with van der Waals surface area (Å²) in [6.45, 7) is 2.18. The van der Waals surface area contributed by atoms with Crippen LogP contribution >= 0.6 is 0 Å². The van der Waals surface area contributed by atoms with Crippen LogP contribution < -0.4 is 10.1 Å². The first-order valence-corrected chi connectivity index (χ1v) is 7.12. The van der Waals surface area contributed by atoms with Crippen molar-refractivity contribution < 1.29 is 9.15 Å². The summed E-state index contributed by atoms with van der Waals surface area (Å²) in [5.41, 5.74) is 2.12. The third kappa shape index (κ3) is 2.61. The predicted molar refractivity (Wildman–Crippen MR) is 76.7 cm³/mol. The lowest BCUT2D eigenvalue weighted by Gasteiger charge is -2.25. The minimum Gasteiger partial charge on any atom is -0.493 e. The van der Waals surface area contributed by atoms with E-state index in [1.54, 1.807) is 7.11 Å². The molecule has 3 nitrogen and oxygen atoms in total. The molecular formula is C16H21NO2. The monoisotopic (exact) mass is 259 g/mol. The molecule has 3 heteroatoms. The van der Waals surface area contributed by atoms with E-state index in [1.807, 2.05) is 18.4 Å². The molecule has 1 fully saturated rings. The van der Waals surface area contributed by atoms with Gasteiger partial charge in [0.15, 0.2) is 11.3 Å². The minimum absolute atomic E-state index is 0.811. The number of nitrogens with one attached hydrogen (secondary N) is 1. The summed E-state index contributed by atoms with van der Waals surface area (Å²) in [4.78, 5) is 0. The van der Waals surface area contributed by atoms with E-state index in [0.29, 0.717) is 0 Å². The van der Waals surface area contributed by atoms with Crippen molar-refractivity contribution in [1.82, 2.24) is 5.32 Å². The Morgan fingerprint density at radius 2 is 2.26 bits per heavy atom. The Balaban J connectivity index is 1.61. The molecule has 19 heavy (non-hydrogen) atoms. The Labute approximate surface area is 113 Å². The zero-order chi connectivity index (χ0) is 13.1. The normalized spacial score (nSPS) is 15.6. The predicted octanol–water partition coefficient (Wildman–Crippen LogP) is 3.37. The molecule has 102 valence electrons. The average Bonchev–Trinajstić information content (AvgIpc) is 2.79. The molecule has 0 unspecified atom stereocenters. The summed E-state index contributed by atoms with van der Waals surface area (Å²) < 4.78 is 10.9. The Bertz CT molecular complexity index is 543. The number of benzene rings is 1. The van der Waals surface area contributed by atoms with E-state index in [2.05, 4.69) is 11.4 Å². The largest absolute Gasteiger partial charge is 0.493 e. The number of fused-ring (bicyclic) bond motifs is 1. The quantitative estimate of drug-likeness (QED) is 0.808. The van der Waals surface area contributed by atoms with Crippen molar-refractivity contribution in [2.24, 2.45) is 5.92 Å². The maximum Gasteiger partial charge on any atom is 0.175 e. The lowest BCUT2D eigenvalue weighted by Crippen LogP contribution is -2.28. The van der Waals surface area contributed by atoms with Gasteiger partial charge < -0.3 is 14.5 Å². The summed E-state index contributed by atoms with van der Waals surface area (Å²) in [5.74, 6) is 1.73. The van der Waals surface area contributed by atoms with Crippen LogP contribution in [-0.4, -0.2) is 20.2 Å². The van der Waals surface area contributed by atoms with E-state index in [1.165, 1.54) is 36.8 Å². The molecular weight excluding hydrogens is 238 g/mol. The summed E-state index contributed by atoms with van der Waals surface area (Å²) in [6, 6.07) is 6.05. The van der Waals surface area contributed by atoms with Crippen LogP contribution in [-0.2, 0) is 6.42 Å². The van der Waals surface area contributed by atoms with E-state index in [-0.39, 0.29) is 0 Å². The summed E-state index contributed by atoms with van der Waals surface area (Å²) >= 11 is 0. The van der Waals surface area contributed by atoms with Crippen LogP contribution in [0.2, 0.25) is 0 Å². The van der Waals surface area contributed by atoms with E-state index in [4.69, 9.17) is 9.15 Å². The van der Waals surface area contributed by atoms with Gasteiger partial charge in [-0.15, -0.1) is 0 Å². The molecule has 0 atom stereocenters. The number of methoxy groups -OCH3 is 1. The lowest BCUT2D eigenvalue weighted by atomic mass is 9.85. The third-order valence-electron chi connectivity index (χ3n) is 4.09. The summed E-state index contributed by atoms with van der Waals surface area (Å²) in [6.07, 6.45) is 7.08. The van der Waals surface area contributed by atoms with E-state index < -0.39 is 0 Å². The molecule has 1 aromatic carbocycles. The van der Waals surface area contributed by atoms with E-state index in [0.717, 1.165) is 30.2 Å². The summed E-state index contributed by atoms with van der Waals surface area (Å²) in [7, 11) is 1.68. The number of hydrogen-bond acceptors (Lipinski definition) is 3. The molecule has 0 spiro atoms. The molecule has 2 aromatic rings. The number of ether oxygens (including phenoxy) is 1. The first kappa shape index (κ1) is 12.5. The van der Waals surface area contributed by atoms with Crippen LogP contribution in [0.15, 0.2) is 28.9 Å². The molecule has 1 heterocycles. The zero-order valence-electron chi connectivity index (χ0n) is 11.4. The fourth-order valence-electron chi connectivity index (χ4n) is 2.66. The fraction of sp³-hybridized carbons (Fsp3) is 0.500.